The van der Waals surface area contributed by atoms with Crippen molar-refractivity contribution in [3.05, 3.63) is 41.7 Å². The fraction of sp³-hybridized carbons (Fsp3) is 0.438. The number of carbonyl (C=O) groups excluding carboxylic acids is 1. The minimum Gasteiger partial charge on any atom is -0.352 e. The predicted molar refractivity (Wildman–Crippen MR) is 80.8 cm³/mol. The van der Waals surface area contributed by atoms with Crippen LogP contribution in [0, 0.1) is 11.2 Å². The van der Waals surface area contributed by atoms with Crippen LogP contribution in [0.3, 0.4) is 0 Å². The summed E-state index contributed by atoms with van der Waals surface area (Å²) in [5.74, 6) is -0.418. The van der Waals surface area contributed by atoms with E-state index in [1.54, 1.807) is 18.2 Å². The molecular weight excluding hydrogens is 255 g/mol. The molecular formula is C16H23FN2O. The molecule has 1 rings (SSSR count). The first-order valence-electron chi connectivity index (χ1n) is 6.65. The second-order valence-corrected chi connectivity index (χ2v) is 6.00. The Balaban J connectivity index is 2.45. The Morgan fingerprint density at radius 1 is 1.30 bits per heavy atom. The fourth-order valence-corrected chi connectivity index (χ4v) is 2.04. The zero-order valence-corrected chi connectivity index (χ0v) is 12.6. The van der Waals surface area contributed by atoms with Gasteiger partial charge in [-0.25, -0.2) is 4.39 Å². The third kappa shape index (κ3) is 6.48. The maximum Gasteiger partial charge on any atom is 0.244 e. The maximum atomic E-state index is 12.7. The van der Waals surface area contributed by atoms with Gasteiger partial charge in [0.05, 0.1) is 0 Å². The zero-order chi connectivity index (χ0) is 15.2. The van der Waals surface area contributed by atoms with Gasteiger partial charge in [-0.1, -0.05) is 26.0 Å². The molecule has 0 fully saturated rings. The predicted octanol–water partition coefficient (Wildman–Crippen LogP) is 2.54. The van der Waals surface area contributed by atoms with Crippen molar-refractivity contribution in [3.63, 3.8) is 0 Å². The van der Waals surface area contributed by atoms with Crippen LogP contribution < -0.4 is 5.32 Å². The molecule has 4 heteroatoms. The highest BCUT2D eigenvalue weighted by Crippen LogP contribution is 2.14. The maximum absolute atomic E-state index is 12.7. The van der Waals surface area contributed by atoms with Gasteiger partial charge in [-0.2, -0.15) is 0 Å². The summed E-state index contributed by atoms with van der Waals surface area (Å²) >= 11 is 0. The molecule has 1 amide bonds. The molecule has 1 N–H and O–H groups in total. The van der Waals surface area contributed by atoms with Gasteiger partial charge in [-0.05, 0) is 43.3 Å². The van der Waals surface area contributed by atoms with Crippen LogP contribution in [0.15, 0.2) is 30.3 Å². The molecule has 0 aliphatic rings. The molecule has 0 spiro atoms. The van der Waals surface area contributed by atoms with E-state index in [1.165, 1.54) is 18.2 Å². The lowest BCUT2D eigenvalue weighted by Gasteiger charge is -2.28. The summed E-state index contributed by atoms with van der Waals surface area (Å²) < 4.78 is 12.7. The van der Waals surface area contributed by atoms with Crippen molar-refractivity contribution >= 4 is 12.0 Å². The molecule has 1 aromatic rings. The lowest BCUT2D eigenvalue weighted by molar-refractivity contribution is -0.116. The summed E-state index contributed by atoms with van der Waals surface area (Å²) in [6, 6.07) is 6.01. The van der Waals surface area contributed by atoms with Crippen LogP contribution in [0.5, 0.6) is 0 Å². The average molecular weight is 278 g/mol. The van der Waals surface area contributed by atoms with Crippen molar-refractivity contribution < 1.29 is 9.18 Å². The third-order valence-corrected chi connectivity index (χ3v) is 2.78. The van der Waals surface area contributed by atoms with Crippen LogP contribution in [0.1, 0.15) is 19.4 Å². The number of rotatable bonds is 6. The molecule has 0 aliphatic heterocycles. The van der Waals surface area contributed by atoms with E-state index in [1.807, 2.05) is 14.1 Å². The molecule has 0 saturated carbocycles. The highest BCUT2D eigenvalue weighted by Gasteiger charge is 2.19. The summed E-state index contributed by atoms with van der Waals surface area (Å²) in [5, 5.41) is 2.88. The number of halogens is 1. The molecule has 0 atom stereocenters. The average Bonchev–Trinajstić information content (AvgIpc) is 2.34. The lowest BCUT2D eigenvalue weighted by Crippen LogP contribution is -2.39. The van der Waals surface area contributed by atoms with E-state index in [0.29, 0.717) is 6.54 Å². The van der Waals surface area contributed by atoms with Crippen LogP contribution in [0.4, 0.5) is 4.39 Å². The van der Waals surface area contributed by atoms with E-state index in [0.717, 1.165) is 12.1 Å². The number of nitrogens with zero attached hydrogens (tertiary/aromatic N) is 1. The number of hydrogen-bond acceptors (Lipinski definition) is 2. The first kappa shape index (κ1) is 16.4. The van der Waals surface area contributed by atoms with Gasteiger partial charge in [0.2, 0.25) is 5.91 Å². The molecule has 0 radical (unpaired) electrons. The first-order chi connectivity index (χ1) is 9.28. The Labute approximate surface area is 120 Å². The van der Waals surface area contributed by atoms with E-state index in [4.69, 9.17) is 0 Å². The van der Waals surface area contributed by atoms with Gasteiger partial charge in [-0.3, -0.25) is 4.79 Å². The van der Waals surface area contributed by atoms with Crippen molar-refractivity contribution in [3.8, 4) is 0 Å². The molecule has 110 valence electrons. The van der Waals surface area contributed by atoms with E-state index in [9.17, 15) is 9.18 Å². The Morgan fingerprint density at radius 2 is 1.90 bits per heavy atom. The van der Waals surface area contributed by atoms with Gasteiger partial charge in [0.15, 0.2) is 0 Å². The minimum atomic E-state index is -0.281. The van der Waals surface area contributed by atoms with Crippen LogP contribution in [-0.2, 0) is 4.79 Å². The van der Waals surface area contributed by atoms with E-state index >= 15 is 0 Å². The van der Waals surface area contributed by atoms with Crippen molar-refractivity contribution in [2.75, 3.05) is 27.2 Å². The van der Waals surface area contributed by atoms with Gasteiger partial charge >= 0.3 is 0 Å². The van der Waals surface area contributed by atoms with Crippen molar-refractivity contribution in [2.24, 2.45) is 5.41 Å². The Kier molecular flexibility index (Phi) is 5.89. The summed E-state index contributed by atoms with van der Waals surface area (Å²) in [6.45, 7) is 5.72. The monoisotopic (exact) mass is 278 g/mol. The summed E-state index contributed by atoms with van der Waals surface area (Å²) in [6.07, 6.45) is 3.15. The molecule has 0 heterocycles. The summed E-state index contributed by atoms with van der Waals surface area (Å²) in [4.78, 5) is 13.8. The number of amides is 1. The standard InChI is InChI=1S/C16H23FN2O/c1-16(2,12-19(3)4)11-18-15(20)10-7-13-5-8-14(17)9-6-13/h5-10H,11-12H2,1-4H3,(H,18,20)/b10-7+. The van der Waals surface area contributed by atoms with Gasteiger partial charge in [0.25, 0.3) is 0 Å². The highest BCUT2D eigenvalue weighted by molar-refractivity contribution is 5.91. The third-order valence-electron chi connectivity index (χ3n) is 2.78. The number of nitrogens with one attached hydrogen (secondary N) is 1. The Morgan fingerprint density at radius 3 is 2.45 bits per heavy atom. The minimum absolute atomic E-state index is 0.0167. The van der Waals surface area contributed by atoms with Crippen molar-refractivity contribution in [2.45, 2.75) is 13.8 Å². The quantitative estimate of drug-likeness (QED) is 0.811. The molecule has 0 unspecified atom stereocenters. The SMILES string of the molecule is CN(C)CC(C)(C)CNC(=O)/C=C/c1ccc(F)cc1. The molecule has 0 saturated heterocycles. The number of benzene rings is 1. The van der Waals surface area contributed by atoms with Crippen molar-refractivity contribution in [1.82, 2.24) is 10.2 Å². The van der Waals surface area contributed by atoms with Crippen LogP contribution in [-0.4, -0.2) is 38.0 Å². The van der Waals surface area contributed by atoms with Gasteiger partial charge in [0, 0.05) is 19.2 Å². The largest absolute Gasteiger partial charge is 0.352 e. The normalized spacial score (nSPS) is 12.1. The van der Waals surface area contributed by atoms with Gasteiger partial charge in [-0.15, -0.1) is 0 Å². The molecule has 3 nitrogen and oxygen atoms in total. The van der Waals surface area contributed by atoms with Crippen molar-refractivity contribution in [1.29, 1.82) is 0 Å². The fourth-order valence-electron chi connectivity index (χ4n) is 2.04. The molecule has 0 aliphatic carbocycles. The lowest BCUT2D eigenvalue weighted by atomic mass is 9.93. The van der Waals surface area contributed by atoms with Gasteiger partial charge < -0.3 is 10.2 Å². The number of hydrogen-bond donors (Lipinski definition) is 1. The smallest absolute Gasteiger partial charge is 0.244 e. The van der Waals surface area contributed by atoms with Crippen LogP contribution in [0.25, 0.3) is 6.08 Å². The number of carbonyl (C=O) groups is 1. The summed E-state index contributed by atoms with van der Waals surface area (Å²) in [7, 11) is 4.02. The zero-order valence-electron chi connectivity index (χ0n) is 12.6. The first-order valence-corrected chi connectivity index (χ1v) is 6.65. The molecule has 0 bridgehead atoms. The van der Waals surface area contributed by atoms with E-state index in [2.05, 4.69) is 24.1 Å². The van der Waals surface area contributed by atoms with E-state index in [-0.39, 0.29) is 17.1 Å². The Bertz CT molecular complexity index is 464. The van der Waals surface area contributed by atoms with Gasteiger partial charge in [0.1, 0.15) is 5.82 Å². The summed E-state index contributed by atoms with van der Waals surface area (Å²) in [5.41, 5.74) is 0.817. The second-order valence-electron chi connectivity index (χ2n) is 6.00. The van der Waals surface area contributed by atoms with Crippen LogP contribution in [0.2, 0.25) is 0 Å². The molecule has 20 heavy (non-hydrogen) atoms. The molecule has 0 aromatic heterocycles. The molecule has 1 aromatic carbocycles. The highest BCUT2D eigenvalue weighted by atomic mass is 19.1. The topological polar surface area (TPSA) is 32.3 Å². The Hall–Kier alpha value is -1.68. The van der Waals surface area contributed by atoms with E-state index < -0.39 is 0 Å². The second kappa shape index (κ2) is 7.20. The van der Waals surface area contributed by atoms with Crippen LogP contribution >= 0.6 is 0 Å².